The minimum atomic E-state index is -0.440. The van der Waals surface area contributed by atoms with E-state index in [0.29, 0.717) is 21.8 Å². The normalized spacial score (nSPS) is 10.9. The number of ether oxygens (including phenoxy) is 1. The van der Waals surface area contributed by atoms with E-state index < -0.39 is 5.97 Å². The van der Waals surface area contributed by atoms with Crippen molar-refractivity contribution in [3.63, 3.8) is 0 Å². The summed E-state index contributed by atoms with van der Waals surface area (Å²) in [4.78, 5) is 12.5. The Labute approximate surface area is 138 Å². The maximum atomic E-state index is 12.5. The Bertz CT molecular complexity index is 853. The summed E-state index contributed by atoms with van der Waals surface area (Å²) >= 11 is 5.96. The van der Waals surface area contributed by atoms with Crippen molar-refractivity contribution in [2.24, 2.45) is 0 Å². The Morgan fingerprint density at radius 2 is 1.96 bits per heavy atom. The smallest absolute Gasteiger partial charge is 0.340 e. The first-order valence-corrected chi connectivity index (χ1v) is 7.71. The number of carbonyl (C=O) groups excluding carboxylic acids is 1. The van der Waals surface area contributed by atoms with Crippen LogP contribution in [0.15, 0.2) is 48.7 Å². The van der Waals surface area contributed by atoms with Gasteiger partial charge in [-0.3, -0.25) is 0 Å². The number of hydrogen-bond acceptors (Lipinski definition) is 3. The van der Waals surface area contributed by atoms with Gasteiger partial charge in [0.1, 0.15) is 0 Å². The molecule has 4 nitrogen and oxygen atoms in total. The summed E-state index contributed by atoms with van der Waals surface area (Å²) in [5, 5.41) is 10.4. The first kappa shape index (κ1) is 15.6. The average Bonchev–Trinajstić information content (AvgIpc) is 2.90. The van der Waals surface area contributed by atoms with E-state index in [9.17, 15) is 9.90 Å². The van der Waals surface area contributed by atoms with Crippen LogP contribution in [0, 0.1) is 0 Å². The highest BCUT2D eigenvalue weighted by Gasteiger charge is 2.25. The molecule has 0 saturated carbocycles. The number of fused-ring (bicyclic) bond motifs is 1. The number of aromatic nitrogens is 1. The Morgan fingerprint density at radius 1 is 1.22 bits per heavy atom. The molecule has 23 heavy (non-hydrogen) atoms. The fraction of sp³-hybridized carbons (Fsp3) is 0.167. The molecule has 0 unspecified atom stereocenters. The fourth-order valence-corrected chi connectivity index (χ4v) is 2.88. The van der Waals surface area contributed by atoms with E-state index in [4.69, 9.17) is 16.3 Å². The van der Waals surface area contributed by atoms with E-state index in [1.807, 2.05) is 40.9 Å². The first-order chi connectivity index (χ1) is 11.2. The highest BCUT2D eigenvalue weighted by molar-refractivity contribution is 6.30. The Kier molecular flexibility index (Phi) is 4.37. The Hall–Kier alpha value is -2.30. The summed E-state index contributed by atoms with van der Waals surface area (Å²) in [5.74, 6) is -0.440. The summed E-state index contributed by atoms with van der Waals surface area (Å²) < 4.78 is 7.09. The van der Waals surface area contributed by atoms with Gasteiger partial charge in [-0.2, -0.15) is 0 Å². The molecule has 0 aliphatic heterocycles. The van der Waals surface area contributed by atoms with Gasteiger partial charge in [-0.1, -0.05) is 29.8 Å². The van der Waals surface area contributed by atoms with Crippen molar-refractivity contribution in [1.82, 2.24) is 4.40 Å². The molecule has 3 rings (SSSR count). The second-order valence-electron chi connectivity index (χ2n) is 5.04. The van der Waals surface area contributed by atoms with Crippen molar-refractivity contribution in [2.45, 2.75) is 13.5 Å². The van der Waals surface area contributed by atoms with E-state index in [1.165, 1.54) is 0 Å². The minimum absolute atomic E-state index is 0.241. The zero-order valence-electron chi connectivity index (χ0n) is 12.6. The van der Waals surface area contributed by atoms with Crippen LogP contribution in [0.3, 0.4) is 0 Å². The van der Waals surface area contributed by atoms with Crippen LogP contribution in [0.5, 0.6) is 0 Å². The summed E-state index contributed by atoms with van der Waals surface area (Å²) in [6.45, 7) is 1.79. The van der Waals surface area contributed by atoms with Crippen LogP contribution in [0.2, 0.25) is 5.02 Å². The summed E-state index contributed by atoms with van der Waals surface area (Å²) in [6.07, 6.45) is 1.86. The molecule has 1 N–H and O–H groups in total. The van der Waals surface area contributed by atoms with Gasteiger partial charge in [-0.15, -0.1) is 0 Å². The molecule has 5 heteroatoms. The number of hydrogen-bond donors (Lipinski definition) is 1. The number of rotatable bonds is 4. The quantitative estimate of drug-likeness (QED) is 0.738. The van der Waals surface area contributed by atoms with Gasteiger partial charge in [-0.25, -0.2) is 4.79 Å². The van der Waals surface area contributed by atoms with Crippen molar-refractivity contribution >= 4 is 23.1 Å². The predicted octanol–water partition coefficient (Wildman–Crippen LogP) is 3.93. The molecule has 0 bridgehead atoms. The third-order valence-corrected chi connectivity index (χ3v) is 3.96. The summed E-state index contributed by atoms with van der Waals surface area (Å²) in [6, 6.07) is 12.9. The van der Waals surface area contributed by atoms with E-state index in [0.717, 1.165) is 11.1 Å². The Morgan fingerprint density at radius 3 is 2.61 bits per heavy atom. The van der Waals surface area contributed by atoms with Crippen molar-refractivity contribution in [3.8, 4) is 11.3 Å². The molecule has 1 aromatic carbocycles. The standard InChI is InChI=1S/C18H16ClNO3/c1-2-23-18(22)16-14(11-21)15-5-3-4-10-20(15)17(16)12-6-8-13(19)9-7-12/h3-10,21H,2,11H2,1H3. The lowest BCUT2D eigenvalue weighted by atomic mass is 10.0. The molecule has 0 radical (unpaired) electrons. The van der Waals surface area contributed by atoms with Crippen LogP contribution in [0.25, 0.3) is 16.8 Å². The Balaban J connectivity index is 2.35. The molecule has 0 aliphatic rings. The molecule has 0 saturated heterocycles. The molecule has 0 fully saturated rings. The number of nitrogens with zero attached hydrogens (tertiary/aromatic N) is 1. The summed E-state index contributed by atoms with van der Waals surface area (Å²) in [5.41, 5.74) is 3.26. The first-order valence-electron chi connectivity index (χ1n) is 7.33. The molecule has 0 spiro atoms. The number of esters is 1. The lowest BCUT2D eigenvalue weighted by Crippen LogP contribution is -2.08. The van der Waals surface area contributed by atoms with Crippen LogP contribution < -0.4 is 0 Å². The van der Waals surface area contributed by atoms with Gasteiger partial charge in [0.05, 0.1) is 30.0 Å². The van der Waals surface area contributed by atoms with Crippen LogP contribution in [0.1, 0.15) is 22.8 Å². The van der Waals surface area contributed by atoms with Gasteiger partial charge >= 0.3 is 5.97 Å². The number of aliphatic hydroxyl groups is 1. The number of aliphatic hydroxyl groups excluding tert-OH is 1. The van der Waals surface area contributed by atoms with Gasteiger partial charge in [0.2, 0.25) is 0 Å². The average molecular weight is 330 g/mol. The third kappa shape index (κ3) is 2.71. The number of pyridine rings is 1. The van der Waals surface area contributed by atoms with Gasteiger partial charge in [-0.05, 0) is 36.8 Å². The minimum Gasteiger partial charge on any atom is -0.462 e. The molecular formula is C18H16ClNO3. The van der Waals surface area contributed by atoms with Crippen LogP contribution in [-0.4, -0.2) is 22.1 Å². The van der Waals surface area contributed by atoms with Crippen molar-refractivity contribution in [1.29, 1.82) is 0 Å². The van der Waals surface area contributed by atoms with Crippen molar-refractivity contribution in [2.75, 3.05) is 6.61 Å². The van der Waals surface area contributed by atoms with Crippen LogP contribution >= 0.6 is 11.6 Å². The van der Waals surface area contributed by atoms with Crippen LogP contribution in [-0.2, 0) is 11.3 Å². The molecule has 2 aromatic heterocycles. The van der Waals surface area contributed by atoms with E-state index in [2.05, 4.69) is 0 Å². The number of benzene rings is 1. The van der Waals surface area contributed by atoms with E-state index in [1.54, 1.807) is 19.1 Å². The van der Waals surface area contributed by atoms with Gasteiger partial charge in [0.15, 0.2) is 0 Å². The largest absolute Gasteiger partial charge is 0.462 e. The van der Waals surface area contributed by atoms with Gasteiger partial charge in [0.25, 0.3) is 0 Å². The SMILES string of the molecule is CCOC(=O)c1c(CO)c2ccccn2c1-c1ccc(Cl)cc1. The number of carbonyl (C=O) groups is 1. The lowest BCUT2D eigenvalue weighted by molar-refractivity contribution is 0.0524. The predicted molar refractivity (Wildman–Crippen MR) is 89.7 cm³/mol. The molecule has 0 atom stereocenters. The molecular weight excluding hydrogens is 314 g/mol. The van der Waals surface area contributed by atoms with Gasteiger partial charge < -0.3 is 14.2 Å². The second kappa shape index (κ2) is 6.44. The fourth-order valence-electron chi connectivity index (χ4n) is 2.75. The van der Waals surface area contributed by atoms with E-state index in [-0.39, 0.29) is 13.2 Å². The highest BCUT2D eigenvalue weighted by atomic mass is 35.5. The molecule has 0 amide bonds. The zero-order chi connectivity index (χ0) is 16.4. The highest BCUT2D eigenvalue weighted by Crippen LogP contribution is 2.33. The monoisotopic (exact) mass is 329 g/mol. The molecule has 118 valence electrons. The third-order valence-electron chi connectivity index (χ3n) is 3.70. The van der Waals surface area contributed by atoms with Gasteiger partial charge in [0, 0.05) is 16.8 Å². The zero-order valence-corrected chi connectivity index (χ0v) is 13.4. The lowest BCUT2D eigenvalue weighted by Gasteiger charge is -2.07. The molecule has 0 aliphatic carbocycles. The van der Waals surface area contributed by atoms with Crippen molar-refractivity contribution < 1.29 is 14.6 Å². The number of halogens is 1. The second-order valence-corrected chi connectivity index (χ2v) is 5.48. The molecule has 2 heterocycles. The topological polar surface area (TPSA) is 50.9 Å². The maximum Gasteiger partial charge on any atom is 0.340 e. The van der Waals surface area contributed by atoms with E-state index >= 15 is 0 Å². The maximum absolute atomic E-state index is 12.5. The van der Waals surface area contributed by atoms with Crippen molar-refractivity contribution in [3.05, 3.63) is 64.8 Å². The molecule has 3 aromatic rings. The van der Waals surface area contributed by atoms with Crippen LogP contribution in [0.4, 0.5) is 0 Å². The summed E-state index contributed by atoms with van der Waals surface area (Å²) in [7, 11) is 0.